The summed E-state index contributed by atoms with van der Waals surface area (Å²) in [6, 6.07) is 0.00213. The maximum absolute atomic E-state index is 12.1. The smallest absolute Gasteiger partial charge is 0.417 e. The Morgan fingerprint density at radius 1 is 1.35 bits per heavy atom. The zero-order valence-electron chi connectivity index (χ0n) is 11.4. The highest BCUT2D eigenvalue weighted by atomic mass is 16.6. The number of ether oxygens (including phenoxy) is 1. The third-order valence-corrected chi connectivity index (χ3v) is 3.06. The van der Waals surface area contributed by atoms with Gasteiger partial charge in [0.1, 0.15) is 5.60 Å². The molecule has 17 heavy (non-hydrogen) atoms. The van der Waals surface area contributed by atoms with Gasteiger partial charge in [0.05, 0.1) is 0 Å². The summed E-state index contributed by atoms with van der Waals surface area (Å²) in [5, 5.41) is 0. The second kappa shape index (κ2) is 5.07. The molecular formula is C13H23NO3. The van der Waals surface area contributed by atoms with E-state index in [1.807, 2.05) is 34.6 Å². The van der Waals surface area contributed by atoms with Gasteiger partial charge in [0.15, 0.2) is 0 Å². The largest absolute Gasteiger partial charge is 0.443 e. The summed E-state index contributed by atoms with van der Waals surface area (Å²) in [4.78, 5) is 25.4. The summed E-state index contributed by atoms with van der Waals surface area (Å²) in [6.07, 6.45) is 1.85. The van der Waals surface area contributed by atoms with Crippen LogP contribution in [0.25, 0.3) is 0 Å². The Labute approximate surface area is 103 Å². The number of hydrogen-bond donors (Lipinski definition) is 0. The Hall–Kier alpha value is -1.06. The molecule has 1 saturated heterocycles. The van der Waals surface area contributed by atoms with Crippen LogP contribution in [0.15, 0.2) is 0 Å². The molecule has 0 N–H and O–H groups in total. The lowest BCUT2D eigenvalue weighted by atomic mass is 10.0. The van der Waals surface area contributed by atoms with Gasteiger partial charge in [-0.15, -0.1) is 0 Å². The standard InChI is InChI=1S/C13H23NO3/c1-6-9-8-10(7-2)14(11(9)15)12(16)17-13(3,4)5/h9-10H,6-8H2,1-5H3/t9-,10-/m1/s1. The molecule has 0 aromatic heterocycles. The number of carbonyl (C=O) groups excluding carboxylic acids is 2. The minimum Gasteiger partial charge on any atom is -0.443 e. The minimum absolute atomic E-state index is 0.00213. The third kappa shape index (κ3) is 3.20. The molecule has 0 spiro atoms. The summed E-state index contributed by atoms with van der Waals surface area (Å²) in [5.41, 5.74) is -0.556. The number of imide groups is 1. The molecule has 4 nitrogen and oxygen atoms in total. The predicted octanol–water partition coefficient (Wildman–Crippen LogP) is 2.96. The molecule has 98 valence electrons. The molecule has 1 heterocycles. The number of rotatable bonds is 2. The van der Waals surface area contributed by atoms with E-state index in [0.29, 0.717) is 0 Å². The van der Waals surface area contributed by atoms with E-state index in [0.717, 1.165) is 19.3 Å². The molecule has 1 rings (SSSR count). The average molecular weight is 241 g/mol. The average Bonchev–Trinajstić information content (AvgIpc) is 2.52. The lowest BCUT2D eigenvalue weighted by Gasteiger charge is -2.26. The van der Waals surface area contributed by atoms with Crippen LogP contribution in [0.1, 0.15) is 53.9 Å². The van der Waals surface area contributed by atoms with Crippen LogP contribution >= 0.6 is 0 Å². The Balaban J connectivity index is 2.80. The number of carbonyl (C=O) groups is 2. The van der Waals surface area contributed by atoms with Crippen LogP contribution in [0, 0.1) is 5.92 Å². The molecule has 1 aliphatic heterocycles. The number of nitrogens with zero attached hydrogens (tertiary/aromatic N) is 1. The molecule has 0 radical (unpaired) electrons. The maximum Gasteiger partial charge on any atom is 0.417 e. The fourth-order valence-electron chi connectivity index (χ4n) is 2.15. The van der Waals surface area contributed by atoms with Crippen LogP contribution in [0.5, 0.6) is 0 Å². The molecule has 1 aliphatic rings. The molecule has 0 bridgehead atoms. The highest BCUT2D eigenvalue weighted by Gasteiger charge is 2.42. The first-order chi connectivity index (χ1) is 7.80. The second-order valence-corrected chi connectivity index (χ2v) is 5.59. The lowest BCUT2D eigenvalue weighted by Crippen LogP contribution is -2.42. The molecule has 0 unspecified atom stereocenters. The van der Waals surface area contributed by atoms with E-state index in [-0.39, 0.29) is 17.9 Å². The first kappa shape index (κ1) is 14.0. The Morgan fingerprint density at radius 3 is 2.35 bits per heavy atom. The van der Waals surface area contributed by atoms with Gasteiger partial charge in [-0.05, 0) is 40.0 Å². The molecule has 2 amide bonds. The summed E-state index contributed by atoms with van der Waals surface area (Å²) in [5.74, 6) is -0.0962. The van der Waals surface area contributed by atoms with Gasteiger partial charge in [-0.2, -0.15) is 0 Å². The van der Waals surface area contributed by atoms with Crippen LogP contribution in [-0.2, 0) is 9.53 Å². The lowest BCUT2D eigenvalue weighted by molar-refractivity contribution is -0.131. The van der Waals surface area contributed by atoms with Crippen LogP contribution in [0.2, 0.25) is 0 Å². The molecule has 1 fully saturated rings. The van der Waals surface area contributed by atoms with E-state index < -0.39 is 11.7 Å². The van der Waals surface area contributed by atoms with Crippen LogP contribution in [-0.4, -0.2) is 28.5 Å². The van der Waals surface area contributed by atoms with Crippen molar-refractivity contribution in [1.29, 1.82) is 0 Å². The fraction of sp³-hybridized carbons (Fsp3) is 0.846. The van der Waals surface area contributed by atoms with E-state index in [9.17, 15) is 9.59 Å². The minimum atomic E-state index is -0.556. The zero-order chi connectivity index (χ0) is 13.2. The van der Waals surface area contributed by atoms with Crippen molar-refractivity contribution in [2.45, 2.75) is 65.5 Å². The van der Waals surface area contributed by atoms with Crippen molar-refractivity contribution in [1.82, 2.24) is 4.90 Å². The van der Waals surface area contributed by atoms with E-state index in [1.54, 1.807) is 0 Å². The van der Waals surface area contributed by atoms with Gasteiger partial charge in [-0.1, -0.05) is 13.8 Å². The monoisotopic (exact) mass is 241 g/mol. The van der Waals surface area contributed by atoms with Crippen molar-refractivity contribution in [2.75, 3.05) is 0 Å². The number of likely N-dealkylation sites (tertiary alicyclic amines) is 1. The quantitative estimate of drug-likeness (QED) is 0.746. The second-order valence-electron chi connectivity index (χ2n) is 5.59. The van der Waals surface area contributed by atoms with Gasteiger partial charge in [-0.3, -0.25) is 4.79 Å². The van der Waals surface area contributed by atoms with Crippen molar-refractivity contribution in [3.63, 3.8) is 0 Å². The Bertz CT molecular complexity index is 306. The van der Waals surface area contributed by atoms with Crippen molar-refractivity contribution in [3.8, 4) is 0 Å². The Kier molecular flexibility index (Phi) is 4.17. The highest BCUT2D eigenvalue weighted by Crippen LogP contribution is 2.30. The van der Waals surface area contributed by atoms with Gasteiger partial charge in [0, 0.05) is 12.0 Å². The maximum atomic E-state index is 12.1. The highest BCUT2D eigenvalue weighted by molar-refractivity contribution is 5.95. The van der Waals surface area contributed by atoms with Gasteiger partial charge >= 0.3 is 6.09 Å². The van der Waals surface area contributed by atoms with E-state index >= 15 is 0 Å². The topological polar surface area (TPSA) is 46.6 Å². The molecule has 4 heteroatoms. The fourth-order valence-corrected chi connectivity index (χ4v) is 2.15. The third-order valence-electron chi connectivity index (χ3n) is 3.06. The Morgan fingerprint density at radius 2 is 1.94 bits per heavy atom. The van der Waals surface area contributed by atoms with Gasteiger partial charge in [-0.25, -0.2) is 9.69 Å². The van der Waals surface area contributed by atoms with Crippen molar-refractivity contribution in [2.24, 2.45) is 5.92 Å². The van der Waals surface area contributed by atoms with Gasteiger partial charge < -0.3 is 4.74 Å². The first-order valence-corrected chi connectivity index (χ1v) is 6.36. The van der Waals surface area contributed by atoms with Crippen molar-refractivity contribution in [3.05, 3.63) is 0 Å². The van der Waals surface area contributed by atoms with E-state index in [1.165, 1.54) is 4.90 Å². The summed E-state index contributed by atoms with van der Waals surface area (Å²) >= 11 is 0. The first-order valence-electron chi connectivity index (χ1n) is 6.36. The van der Waals surface area contributed by atoms with Crippen LogP contribution < -0.4 is 0 Å². The summed E-state index contributed by atoms with van der Waals surface area (Å²) in [6.45, 7) is 9.40. The zero-order valence-corrected chi connectivity index (χ0v) is 11.4. The van der Waals surface area contributed by atoms with E-state index in [2.05, 4.69) is 0 Å². The normalized spacial score (nSPS) is 25.2. The molecule has 0 aromatic carbocycles. The van der Waals surface area contributed by atoms with Crippen molar-refractivity contribution < 1.29 is 14.3 Å². The molecule has 0 aromatic rings. The summed E-state index contributed by atoms with van der Waals surface area (Å²) in [7, 11) is 0. The van der Waals surface area contributed by atoms with Crippen LogP contribution in [0.3, 0.4) is 0 Å². The predicted molar refractivity (Wildman–Crippen MR) is 65.6 cm³/mol. The van der Waals surface area contributed by atoms with E-state index in [4.69, 9.17) is 4.74 Å². The molecule has 0 aliphatic carbocycles. The molecule has 2 atom stereocenters. The summed E-state index contributed by atoms with van der Waals surface area (Å²) < 4.78 is 5.28. The SMILES string of the molecule is CC[C@@H]1C[C@@H](CC)N(C(=O)OC(C)(C)C)C1=O. The molecule has 0 saturated carbocycles. The van der Waals surface area contributed by atoms with Gasteiger partial charge in [0.25, 0.3) is 0 Å². The number of hydrogen-bond acceptors (Lipinski definition) is 3. The van der Waals surface area contributed by atoms with Crippen molar-refractivity contribution >= 4 is 12.0 Å². The van der Waals surface area contributed by atoms with Crippen LogP contribution in [0.4, 0.5) is 4.79 Å². The molecular weight excluding hydrogens is 218 g/mol. The number of amides is 2. The van der Waals surface area contributed by atoms with Gasteiger partial charge in [0.2, 0.25) is 5.91 Å².